The zero-order valence-electron chi connectivity index (χ0n) is 20.8. The first kappa shape index (κ1) is 27.0. The normalized spacial score (nSPS) is 16.2. The molecule has 0 bridgehead atoms. The molecular formula is C26H30F3N3O4. The molecule has 10 heteroatoms. The molecule has 194 valence electrons. The predicted molar refractivity (Wildman–Crippen MR) is 128 cm³/mol. The van der Waals surface area contributed by atoms with Crippen molar-refractivity contribution in [2.75, 3.05) is 11.9 Å². The van der Waals surface area contributed by atoms with Gasteiger partial charge in [-0.3, -0.25) is 9.59 Å². The maximum Gasteiger partial charge on any atom is 0.408 e. The van der Waals surface area contributed by atoms with E-state index >= 15 is 0 Å². The number of carbonyl (C=O) groups excluding carboxylic acids is 3. The van der Waals surface area contributed by atoms with Gasteiger partial charge in [0.15, 0.2) is 0 Å². The Labute approximate surface area is 208 Å². The van der Waals surface area contributed by atoms with Gasteiger partial charge in [-0.1, -0.05) is 26.0 Å². The molecule has 7 nitrogen and oxygen atoms in total. The van der Waals surface area contributed by atoms with Crippen LogP contribution in [0.5, 0.6) is 0 Å². The number of hydrogen-bond acceptors (Lipinski definition) is 4. The van der Waals surface area contributed by atoms with E-state index < -0.39 is 58.7 Å². The number of alkyl carbamates (subject to hydrolysis) is 1. The summed E-state index contributed by atoms with van der Waals surface area (Å²) in [5.74, 6) is -4.32. The van der Waals surface area contributed by atoms with Gasteiger partial charge in [-0.05, 0) is 68.5 Å². The van der Waals surface area contributed by atoms with Crippen LogP contribution < -0.4 is 10.6 Å². The van der Waals surface area contributed by atoms with Crippen LogP contribution in [0.4, 0.5) is 23.7 Å². The number of rotatable bonds is 5. The Balaban J connectivity index is 1.97. The fourth-order valence-electron chi connectivity index (χ4n) is 4.05. The van der Waals surface area contributed by atoms with Crippen LogP contribution in [0.25, 0.3) is 0 Å². The first-order valence-corrected chi connectivity index (χ1v) is 11.6. The van der Waals surface area contributed by atoms with E-state index in [0.29, 0.717) is 11.1 Å². The summed E-state index contributed by atoms with van der Waals surface area (Å²) < 4.78 is 47.7. The molecule has 2 aromatic carbocycles. The molecule has 3 amide bonds. The Bertz CT molecular complexity index is 1140. The second-order valence-electron chi connectivity index (χ2n) is 9.98. The van der Waals surface area contributed by atoms with Crippen molar-refractivity contribution in [3.63, 3.8) is 0 Å². The maximum atomic E-state index is 14.2. The summed E-state index contributed by atoms with van der Waals surface area (Å²) in [6.45, 7) is 8.51. The number of halogens is 3. The van der Waals surface area contributed by atoms with E-state index in [0.717, 1.165) is 24.3 Å². The lowest BCUT2D eigenvalue weighted by molar-refractivity contribution is -0.142. The highest BCUT2D eigenvalue weighted by molar-refractivity contribution is 5.99. The van der Waals surface area contributed by atoms with Gasteiger partial charge in [-0.2, -0.15) is 0 Å². The van der Waals surface area contributed by atoms with Crippen LogP contribution in [0.3, 0.4) is 0 Å². The highest BCUT2D eigenvalue weighted by Crippen LogP contribution is 2.33. The lowest BCUT2D eigenvalue weighted by Crippen LogP contribution is -2.55. The molecule has 3 rings (SSSR count). The average molecular weight is 506 g/mol. The summed E-state index contributed by atoms with van der Waals surface area (Å²) in [6.07, 6.45) is -0.558. The minimum atomic E-state index is -1.32. The Hall–Kier alpha value is -3.56. The molecule has 0 aliphatic carbocycles. The monoisotopic (exact) mass is 505 g/mol. The number of nitrogens with zero attached hydrogens (tertiary/aromatic N) is 1. The molecular weight excluding hydrogens is 475 g/mol. The van der Waals surface area contributed by atoms with E-state index in [4.69, 9.17) is 4.74 Å². The maximum absolute atomic E-state index is 14.2. The van der Waals surface area contributed by atoms with E-state index in [2.05, 4.69) is 10.6 Å². The predicted octanol–water partition coefficient (Wildman–Crippen LogP) is 4.72. The number of benzene rings is 2. The van der Waals surface area contributed by atoms with E-state index in [1.807, 2.05) is 0 Å². The smallest absolute Gasteiger partial charge is 0.408 e. The van der Waals surface area contributed by atoms with Gasteiger partial charge in [-0.25, -0.2) is 18.0 Å². The number of fused-ring (bicyclic) bond motifs is 1. The van der Waals surface area contributed by atoms with Crippen LogP contribution in [0.15, 0.2) is 36.4 Å². The van der Waals surface area contributed by atoms with Gasteiger partial charge in [0.05, 0.1) is 0 Å². The topological polar surface area (TPSA) is 87.7 Å². The van der Waals surface area contributed by atoms with Gasteiger partial charge in [0, 0.05) is 6.54 Å². The number of para-hydroxylation sites is 1. The van der Waals surface area contributed by atoms with Crippen LogP contribution in [0.1, 0.15) is 51.8 Å². The molecule has 1 aliphatic heterocycles. The number of ether oxygens (including phenoxy) is 1. The number of anilines is 1. The summed E-state index contributed by atoms with van der Waals surface area (Å²) in [5.41, 5.74) is -0.634. The van der Waals surface area contributed by atoms with Crippen LogP contribution in [0, 0.1) is 23.4 Å². The van der Waals surface area contributed by atoms with Crippen LogP contribution in [-0.2, 0) is 20.7 Å². The molecule has 0 saturated carbocycles. The Morgan fingerprint density at radius 3 is 2.28 bits per heavy atom. The van der Waals surface area contributed by atoms with Gasteiger partial charge in [0.25, 0.3) is 5.91 Å². The minimum Gasteiger partial charge on any atom is -0.444 e. The van der Waals surface area contributed by atoms with Crippen LogP contribution in [0.2, 0.25) is 0 Å². The van der Waals surface area contributed by atoms with Gasteiger partial charge in [-0.15, -0.1) is 0 Å². The third kappa shape index (κ3) is 6.16. The zero-order chi connectivity index (χ0) is 26.8. The molecule has 0 fully saturated rings. The zero-order valence-corrected chi connectivity index (χ0v) is 20.8. The molecule has 36 heavy (non-hydrogen) atoms. The summed E-state index contributed by atoms with van der Waals surface area (Å²) in [7, 11) is 0. The van der Waals surface area contributed by atoms with Crippen molar-refractivity contribution in [2.45, 2.75) is 58.7 Å². The van der Waals surface area contributed by atoms with E-state index in [1.54, 1.807) is 34.6 Å². The SMILES string of the molecule is CC(C)[C@H](NC(=O)OC(C)(C)C)C(=O)N1CCc2cc(F)ccc2C1C(=O)Nc1c(F)cccc1F. The number of hydrogen-bond donors (Lipinski definition) is 2. The first-order valence-electron chi connectivity index (χ1n) is 11.6. The standard InChI is InChI=1S/C26H30F3N3O4/c1-14(2)20(31-25(35)36-26(3,4)5)24(34)32-12-11-15-13-16(27)9-10-17(15)22(32)23(33)30-21-18(28)7-6-8-19(21)29/h6-10,13-14,20,22H,11-12H2,1-5H3,(H,30,33)(H,31,35)/t20-,22?/m0/s1. The molecule has 2 N–H and O–H groups in total. The largest absolute Gasteiger partial charge is 0.444 e. The Morgan fingerprint density at radius 1 is 1.06 bits per heavy atom. The van der Waals surface area contributed by atoms with Crippen molar-refractivity contribution in [3.05, 3.63) is 65.0 Å². The van der Waals surface area contributed by atoms with Crippen molar-refractivity contribution in [1.29, 1.82) is 0 Å². The first-order chi connectivity index (χ1) is 16.8. The van der Waals surface area contributed by atoms with Crippen molar-refractivity contribution in [3.8, 4) is 0 Å². The molecule has 0 aromatic heterocycles. The molecule has 2 aromatic rings. The van der Waals surface area contributed by atoms with Gasteiger partial charge in [0.1, 0.15) is 40.8 Å². The second-order valence-corrected chi connectivity index (χ2v) is 9.98. The van der Waals surface area contributed by atoms with Crippen molar-refractivity contribution < 1.29 is 32.3 Å². The average Bonchev–Trinajstić information content (AvgIpc) is 2.77. The van der Waals surface area contributed by atoms with Crippen LogP contribution in [-0.4, -0.2) is 41.0 Å². The number of amides is 3. The number of carbonyl (C=O) groups is 3. The molecule has 0 radical (unpaired) electrons. The highest BCUT2D eigenvalue weighted by Gasteiger charge is 2.40. The molecule has 1 unspecified atom stereocenters. The van der Waals surface area contributed by atoms with Gasteiger partial charge >= 0.3 is 6.09 Å². The van der Waals surface area contributed by atoms with Gasteiger partial charge < -0.3 is 20.3 Å². The third-order valence-corrected chi connectivity index (χ3v) is 5.68. The fourth-order valence-corrected chi connectivity index (χ4v) is 4.05. The Kier molecular flexibility index (Phi) is 7.96. The third-order valence-electron chi connectivity index (χ3n) is 5.68. The molecule has 0 saturated heterocycles. The summed E-state index contributed by atoms with van der Waals surface area (Å²) in [4.78, 5) is 40.7. The van der Waals surface area contributed by atoms with E-state index in [-0.39, 0.29) is 18.9 Å². The lowest BCUT2D eigenvalue weighted by Gasteiger charge is -2.39. The fraction of sp³-hybridized carbons (Fsp3) is 0.423. The summed E-state index contributed by atoms with van der Waals surface area (Å²) in [6, 6.07) is 4.55. The van der Waals surface area contributed by atoms with Crippen molar-refractivity contribution in [1.82, 2.24) is 10.2 Å². The second kappa shape index (κ2) is 10.6. The summed E-state index contributed by atoms with van der Waals surface area (Å²) >= 11 is 0. The van der Waals surface area contributed by atoms with E-state index in [9.17, 15) is 27.6 Å². The quantitative estimate of drug-likeness (QED) is 0.616. The minimum absolute atomic E-state index is 0.0202. The van der Waals surface area contributed by atoms with Crippen molar-refractivity contribution >= 4 is 23.6 Å². The molecule has 2 atom stereocenters. The molecule has 1 aliphatic rings. The van der Waals surface area contributed by atoms with Crippen LogP contribution >= 0.6 is 0 Å². The molecule has 1 heterocycles. The van der Waals surface area contributed by atoms with Gasteiger partial charge in [0.2, 0.25) is 5.91 Å². The number of nitrogens with one attached hydrogen (secondary N) is 2. The lowest BCUT2D eigenvalue weighted by atomic mass is 9.90. The molecule has 0 spiro atoms. The summed E-state index contributed by atoms with van der Waals surface area (Å²) in [5, 5.41) is 4.81. The van der Waals surface area contributed by atoms with E-state index in [1.165, 1.54) is 17.0 Å². The highest BCUT2D eigenvalue weighted by atomic mass is 19.1. The Morgan fingerprint density at radius 2 is 1.69 bits per heavy atom. The van der Waals surface area contributed by atoms with Crippen molar-refractivity contribution in [2.24, 2.45) is 5.92 Å².